The molecular weight excluding hydrogens is 410 g/mol. The summed E-state index contributed by atoms with van der Waals surface area (Å²) in [5.74, 6) is 5.01. The van der Waals surface area contributed by atoms with Gasteiger partial charge >= 0.3 is 0 Å². The van der Waals surface area contributed by atoms with Gasteiger partial charge in [0.15, 0.2) is 0 Å². The fourth-order valence-electron chi connectivity index (χ4n) is 2.50. The van der Waals surface area contributed by atoms with Gasteiger partial charge in [-0.3, -0.25) is 14.9 Å². The molecule has 1 amide bonds. The Morgan fingerprint density at radius 3 is 2.57 bits per heavy atom. The van der Waals surface area contributed by atoms with Crippen LogP contribution in [0.4, 0.5) is 11.4 Å². The molecule has 3 rings (SSSR count). The maximum Gasteiger partial charge on any atom is 0.269 e. The Kier molecular flexibility index (Phi) is 7.35. The predicted molar refractivity (Wildman–Crippen MR) is 110 cm³/mol. The van der Waals surface area contributed by atoms with Crippen molar-refractivity contribution in [3.05, 3.63) is 94.0 Å². The number of nitrogens with one attached hydrogen (secondary N) is 1. The number of carbonyl (C=O) groups is 1. The van der Waals surface area contributed by atoms with Crippen molar-refractivity contribution in [1.29, 1.82) is 0 Å². The van der Waals surface area contributed by atoms with Crippen molar-refractivity contribution >= 4 is 29.3 Å². The van der Waals surface area contributed by atoms with Crippen LogP contribution in [0.5, 0.6) is 5.75 Å². The van der Waals surface area contributed by atoms with Crippen LogP contribution in [0.3, 0.4) is 0 Å². The van der Waals surface area contributed by atoms with Crippen molar-refractivity contribution in [3.8, 4) is 5.75 Å². The first-order valence-corrected chi connectivity index (χ1v) is 9.37. The van der Waals surface area contributed by atoms with E-state index in [0.717, 1.165) is 17.6 Å². The van der Waals surface area contributed by atoms with E-state index in [1.54, 1.807) is 60.7 Å². The molecule has 0 atom stereocenters. The summed E-state index contributed by atoms with van der Waals surface area (Å²) in [6, 6.07) is 19.8. The maximum absolute atomic E-state index is 12.6. The molecule has 154 valence electrons. The molecule has 0 radical (unpaired) electrons. The van der Waals surface area contributed by atoms with Gasteiger partial charge in [-0.25, -0.2) is 0 Å². The lowest BCUT2D eigenvalue weighted by Crippen LogP contribution is -2.12. The number of benzene rings is 3. The van der Waals surface area contributed by atoms with Crippen molar-refractivity contribution in [2.75, 3.05) is 5.32 Å². The molecular formula is C20H17N3O6S. The summed E-state index contributed by atoms with van der Waals surface area (Å²) < 4.78 is 10.4. The number of carbonyl (C=O) groups excluding carboxylic acids is 1. The first kappa shape index (κ1) is 21.3. The second-order valence-electron chi connectivity index (χ2n) is 5.94. The number of nitro benzene ring substituents is 1. The SMILES string of the molecule is NOOSc1ccccc1NC(=O)c1cccc(OCc2ccc([N+](=O)[O-])cc2)c1. The van der Waals surface area contributed by atoms with E-state index in [2.05, 4.69) is 14.6 Å². The summed E-state index contributed by atoms with van der Waals surface area (Å²) in [7, 11) is 0. The Bertz CT molecular complexity index is 1030. The van der Waals surface area contributed by atoms with E-state index in [0.29, 0.717) is 21.9 Å². The van der Waals surface area contributed by atoms with Gasteiger partial charge in [0, 0.05) is 17.7 Å². The Morgan fingerprint density at radius 1 is 1.07 bits per heavy atom. The summed E-state index contributed by atoms with van der Waals surface area (Å²) in [4.78, 5) is 27.6. The highest BCUT2D eigenvalue weighted by molar-refractivity contribution is 7.94. The molecule has 0 unspecified atom stereocenters. The van der Waals surface area contributed by atoms with E-state index in [-0.39, 0.29) is 18.2 Å². The lowest BCUT2D eigenvalue weighted by molar-refractivity contribution is -0.384. The number of non-ortho nitro benzene ring substituents is 1. The number of nitro groups is 1. The van der Waals surface area contributed by atoms with Crippen molar-refractivity contribution in [2.45, 2.75) is 11.5 Å². The molecule has 0 aliphatic heterocycles. The number of rotatable bonds is 9. The van der Waals surface area contributed by atoms with Gasteiger partial charge in [-0.2, -0.15) is 5.90 Å². The lowest BCUT2D eigenvalue weighted by atomic mass is 10.2. The molecule has 3 aromatic rings. The van der Waals surface area contributed by atoms with Crippen LogP contribution in [0.1, 0.15) is 15.9 Å². The largest absolute Gasteiger partial charge is 0.489 e. The fraction of sp³-hybridized carbons (Fsp3) is 0.0500. The van der Waals surface area contributed by atoms with Gasteiger partial charge in [0.25, 0.3) is 11.6 Å². The zero-order chi connectivity index (χ0) is 21.3. The number of anilines is 1. The standard InChI is InChI=1S/C20H17N3O6S/c21-28-29-30-19-7-2-1-6-18(19)22-20(24)15-4-3-5-17(12-15)27-13-14-8-10-16(11-9-14)23(25)26/h1-12H,13,21H2,(H,22,24). The third kappa shape index (κ3) is 5.78. The van der Waals surface area contributed by atoms with Gasteiger partial charge < -0.3 is 10.1 Å². The number of hydrogen-bond acceptors (Lipinski definition) is 8. The minimum absolute atomic E-state index is 0.0132. The molecule has 30 heavy (non-hydrogen) atoms. The predicted octanol–water partition coefficient (Wildman–Crippen LogP) is 4.26. The molecule has 10 heteroatoms. The molecule has 0 saturated carbocycles. The number of amides is 1. The highest BCUT2D eigenvalue weighted by Crippen LogP contribution is 2.28. The topological polar surface area (TPSA) is 126 Å². The third-order valence-electron chi connectivity index (χ3n) is 3.95. The molecule has 0 spiro atoms. The molecule has 0 aliphatic carbocycles. The molecule has 0 fully saturated rings. The molecule has 0 saturated heterocycles. The zero-order valence-electron chi connectivity index (χ0n) is 15.5. The lowest BCUT2D eigenvalue weighted by Gasteiger charge is -2.11. The Labute approximate surface area is 176 Å². The maximum atomic E-state index is 12.6. The van der Waals surface area contributed by atoms with Gasteiger partial charge in [-0.05, 0) is 48.0 Å². The average molecular weight is 427 g/mol. The van der Waals surface area contributed by atoms with Crippen molar-refractivity contribution in [2.24, 2.45) is 5.90 Å². The van der Waals surface area contributed by atoms with E-state index in [1.807, 2.05) is 0 Å². The summed E-state index contributed by atoms with van der Waals surface area (Å²) >= 11 is 0.867. The van der Waals surface area contributed by atoms with Crippen LogP contribution in [0, 0.1) is 10.1 Å². The molecule has 0 aromatic heterocycles. The normalized spacial score (nSPS) is 10.4. The minimum atomic E-state index is -0.460. The number of hydrogen-bond donors (Lipinski definition) is 2. The molecule has 0 aliphatic rings. The Balaban J connectivity index is 1.65. The van der Waals surface area contributed by atoms with E-state index >= 15 is 0 Å². The quantitative estimate of drug-likeness (QED) is 0.225. The highest BCUT2D eigenvalue weighted by Gasteiger charge is 2.11. The van der Waals surface area contributed by atoms with E-state index in [4.69, 9.17) is 10.6 Å². The number of para-hydroxylation sites is 1. The van der Waals surface area contributed by atoms with Gasteiger partial charge in [0.1, 0.15) is 12.4 Å². The van der Waals surface area contributed by atoms with Crippen LogP contribution < -0.4 is 16.0 Å². The van der Waals surface area contributed by atoms with Crippen LogP contribution in [0.25, 0.3) is 0 Å². The van der Waals surface area contributed by atoms with Crippen LogP contribution in [0.2, 0.25) is 0 Å². The molecule has 3 N–H and O–H groups in total. The van der Waals surface area contributed by atoms with E-state index in [9.17, 15) is 14.9 Å². The number of nitrogens with two attached hydrogens (primary N) is 1. The molecule has 0 heterocycles. The zero-order valence-corrected chi connectivity index (χ0v) is 16.3. The summed E-state index contributed by atoms with van der Waals surface area (Å²) in [6.07, 6.45) is 0. The second-order valence-corrected chi connectivity index (χ2v) is 6.68. The fourth-order valence-corrected chi connectivity index (χ4v) is 2.96. The van der Waals surface area contributed by atoms with E-state index < -0.39 is 4.92 Å². The first-order chi connectivity index (χ1) is 14.6. The van der Waals surface area contributed by atoms with Crippen molar-refractivity contribution in [1.82, 2.24) is 0 Å². The van der Waals surface area contributed by atoms with Gasteiger partial charge in [-0.1, -0.05) is 18.2 Å². The molecule has 3 aromatic carbocycles. The number of nitrogens with zero attached hydrogens (tertiary/aromatic N) is 1. The Hall–Kier alpha value is -3.44. The minimum Gasteiger partial charge on any atom is -0.489 e. The van der Waals surface area contributed by atoms with E-state index in [1.165, 1.54) is 12.1 Å². The van der Waals surface area contributed by atoms with Crippen molar-refractivity contribution in [3.63, 3.8) is 0 Å². The van der Waals surface area contributed by atoms with Gasteiger partial charge in [0.05, 0.1) is 27.5 Å². The van der Waals surface area contributed by atoms with Crippen LogP contribution >= 0.6 is 12.0 Å². The summed E-state index contributed by atoms with van der Waals surface area (Å²) in [5.41, 5.74) is 1.71. The summed E-state index contributed by atoms with van der Waals surface area (Å²) in [6.45, 7) is 0.207. The molecule has 9 nitrogen and oxygen atoms in total. The van der Waals surface area contributed by atoms with Crippen molar-refractivity contribution < 1.29 is 23.8 Å². The number of ether oxygens (including phenoxy) is 1. The first-order valence-electron chi connectivity index (χ1n) is 8.63. The molecule has 0 bridgehead atoms. The highest BCUT2D eigenvalue weighted by atomic mass is 32.2. The monoisotopic (exact) mass is 427 g/mol. The van der Waals surface area contributed by atoms with Crippen LogP contribution in [0.15, 0.2) is 77.7 Å². The Morgan fingerprint density at radius 2 is 1.83 bits per heavy atom. The smallest absolute Gasteiger partial charge is 0.269 e. The van der Waals surface area contributed by atoms with Gasteiger partial charge in [-0.15, -0.1) is 9.32 Å². The average Bonchev–Trinajstić information content (AvgIpc) is 2.77. The van der Waals surface area contributed by atoms with Gasteiger partial charge in [0.2, 0.25) is 0 Å². The second kappa shape index (κ2) is 10.4. The summed E-state index contributed by atoms with van der Waals surface area (Å²) in [5, 5.41) is 13.5. The van der Waals surface area contributed by atoms with Crippen LogP contribution in [-0.4, -0.2) is 10.8 Å². The third-order valence-corrected chi connectivity index (χ3v) is 4.63. The van der Waals surface area contributed by atoms with Crippen LogP contribution in [-0.2, 0) is 15.9 Å².